The first-order valence-electron chi connectivity index (χ1n) is 8.17. The van der Waals surface area contributed by atoms with Crippen LogP contribution in [0.4, 0.5) is 4.79 Å². The topological polar surface area (TPSA) is 67.6 Å². The minimum Gasteiger partial charge on any atom is -0.444 e. The van der Waals surface area contributed by atoms with Gasteiger partial charge in [-0.15, -0.1) is 0 Å². The number of ether oxygens (including phenoxy) is 1. The zero-order valence-electron chi connectivity index (χ0n) is 13.9. The number of hydrogen-bond acceptors (Lipinski definition) is 4. The Morgan fingerprint density at radius 2 is 2.10 bits per heavy atom. The zero-order chi connectivity index (χ0) is 15.7. The van der Waals surface area contributed by atoms with Crippen LogP contribution in [0.5, 0.6) is 0 Å². The Morgan fingerprint density at radius 3 is 2.62 bits per heavy atom. The first kappa shape index (κ1) is 16.6. The normalized spacial score (nSPS) is 26.4. The van der Waals surface area contributed by atoms with Crippen LogP contribution in [0.25, 0.3) is 0 Å². The van der Waals surface area contributed by atoms with Crippen molar-refractivity contribution in [2.24, 2.45) is 17.1 Å². The molecule has 2 rings (SSSR count). The molecular formula is C16H31N3O2. The fourth-order valence-corrected chi connectivity index (χ4v) is 3.31. The molecule has 21 heavy (non-hydrogen) atoms. The molecule has 5 nitrogen and oxygen atoms in total. The molecule has 0 aromatic rings. The first-order chi connectivity index (χ1) is 9.76. The van der Waals surface area contributed by atoms with E-state index in [1.165, 1.54) is 19.3 Å². The van der Waals surface area contributed by atoms with E-state index in [2.05, 4.69) is 17.1 Å². The molecule has 0 bridgehead atoms. The van der Waals surface area contributed by atoms with Crippen LogP contribution in [0, 0.1) is 11.3 Å². The largest absolute Gasteiger partial charge is 0.444 e. The van der Waals surface area contributed by atoms with E-state index >= 15 is 0 Å². The van der Waals surface area contributed by atoms with Gasteiger partial charge in [0.2, 0.25) is 0 Å². The van der Waals surface area contributed by atoms with Crippen LogP contribution in [0.15, 0.2) is 0 Å². The van der Waals surface area contributed by atoms with Crippen LogP contribution < -0.4 is 11.1 Å². The van der Waals surface area contributed by atoms with Crippen molar-refractivity contribution in [1.29, 1.82) is 0 Å². The average Bonchev–Trinajstić information content (AvgIpc) is 3.15. The van der Waals surface area contributed by atoms with Gasteiger partial charge in [0.05, 0.1) is 0 Å². The van der Waals surface area contributed by atoms with Crippen LogP contribution in [0.3, 0.4) is 0 Å². The monoisotopic (exact) mass is 297 g/mol. The number of hydrogen-bond donors (Lipinski definition) is 2. The smallest absolute Gasteiger partial charge is 0.407 e. The lowest BCUT2D eigenvalue weighted by molar-refractivity contribution is 0.0446. The molecule has 2 unspecified atom stereocenters. The van der Waals surface area contributed by atoms with Gasteiger partial charge in [0.15, 0.2) is 0 Å². The second-order valence-corrected chi connectivity index (χ2v) is 7.77. The van der Waals surface area contributed by atoms with Gasteiger partial charge in [0, 0.05) is 25.7 Å². The van der Waals surface area contributed by atoms with Gasteiger partial charge in [-0.25, -0.2) is 4.79 Å². The molecule has 0 aromatic carbocycles. The number of alkyl carbamates (subject to hydrolysis) is 1. The number of nitrogens with two attached hydrogens (primary N) is 1. The number of nitrogens with zero attached hydrogens (tertiary/aromatic N) is 1. The maximum absolute atomic E-state index is 11.8. The minimum absolute atomic E-state index is 0.303. The highest BCUT2D eigenvalue weighted by Gasteiger charge is 2.51. The molecule has 1 saturated heterocycles. The predicted octanol–water partition coefficient (Wildman–Crippen LogP) is 1.96. The van der Waals surface area contributed by atoms with Crippen molar-refractivity contribution < 1.29 is 9.53 Å². The number of piperidine rings is 1. The Kier molecular flexibility index (Phi) is 4.83. The summed E-state index contributed by atoms with van der Waals surface area (Å²) in [7, 11) is 0. The Hall–Kier alpha value is -0.810. The third-order valence-electron chi connectivity index (χ3n) is 4.97. The van der Waals surface area contributed by atoms with Crippen molar-refractivity contribution >= 4 is 6.09 Å². The molecule has 0 radical (unpaired) electrons. The van der Waals surface area contributed by atoms with Crippen LogP contribution in [-0.2, 0) is 4.74 Å². The molecule has 1 aliphatic heterocycles. The Labute approximate surface area is 128 Å². The summed E-state index contributed by atoms with van der Waals surface area (Å²) in [6.45, 7) is 11.4. The summed E-state index contributed by atoms with van der Waals surface area (Å²) < 4.78 is 5.33. The molecular weight excluding hydrogens is 266 g/mol. The maximum atomic E-state index is 11.8. The van der Waals surface area contributed by atoms with Crippen LogP contribution in [0.1, 0.15) is 47.0 Å². The Bertz CT molecular complexity index is 374. The summed E-state index contributed by atoms with van der Waals surface area (Å²) in [6, 6.07) is 0.421. The van der Waals surface area contributed by atoms with Gasteiger partial charge >= 0.3 is 6.09 Å². The van der Waals surface area contributed by atoms with Crippen molar-refractivity contribution in [3.8, 4) is 0 Å². The third kappa shape index (κ3) is 4.33. The molecule has 2 aliphatic rings. The second-order valence-electron chi connectivity index (χ2n) is 7.77. The third-order valence-corrected chi connectivity index (χ3v) is 4.97. The van der Waals surface area contributed by atoms with Crippen LogP contribution >= 0.6 is 0 Å². The Balaban J connectivity index is 1.86. The first-order valence-corrected chi connectivity index (χ1v) is 8.17. The van der Waals surface area contributed by atoms with E-state index in [0.29, 0.717) is 30.5 Å². The predicted molar refractivity (Wildman–Crippen MR) is 84.1 cm³/mol. The fourth-order valence-electron chi connectivity index (χ4n) is 3.31. The quantitative estimate of drug-likeness (QED) is 0.832. The van der Waals surface area contributed by atoms with Crippen molar-refractivity contribution in [1.82, 2.24) is 10.2 Å². The molecule has 2 fully saturated rings. The van der Waals surface area contributed by atoms with Gasteiger partial charge in [-0.05, 0) is 64.8 Å². The second kappa shape index (κ2) is 6.13. The molecule has 5 heteroatoms. The van der Waals surface area contributed by atoms with Gasteiger partial charge in [0.25, 0.3) is 0 Å². The van der Waals surface area contributed by atoms with Crippen molar-refractivity contribution in [2.75, 3.05) is 26.2 Å². The van der Waals surface area contributed by atoms with E-state index in [0.717, 1.165) is 13.1 Å². The molecule has 1 saturated carbocycles. The molecule has 122 valence electrons. The van der Waals surface area contributed by atoms with Gasteiger partial charge in [-0.3, -0.25) is 4.90 Å². The van der Waals surface area contributed by atoms with E-state index in [-0.39, 0.29) is 6.09 Å². The van der Waals surface area contributed by atoms with Gasteiger partial charge in [-0.2, -0.15) is 0 Å². The summed E-state index contributed by atoms with van der Waals surface area (Å²) in [5.41, 5.74) is 5.83. The molecule has 0 aromatic heterocycles. The number of rotatable bonds is 4. The fraction of sp³-hybridized carbons (Fsp3) is 0.938. The SMILES string of the molecule is CC(CN)N1CCC2(CC2)C(CNC(=O)OC(C)(C)C)C1. The lowest BCUT2D eigenvalue weighted by atomic mass is 9.81. The molecule has 1 amide bonds. The molecule has 1 heterocycles. The lowest BCUT2D eigenvalue weighted by Crippen LogP contribution is -2.51. The van der Waals surface area contributed by atoms with Crippen molar-refractivity contribution in [3.05, 3.63) is 0 Å². The number of nitrogens with one attached hydrogen (secondary N) is 1. The van der Waals surface area contributed by atoms with E-state index in [9.17, 15) is 4.79 Å². The van der Waals surface area contributed by atoms with Crippen molar-refractivity contribution in [2.45, 2.75) is 58.6 Å². The summed E-state index contributed by atoms with van der Waals surface area (Å²) in [4.78, 5) is 14.3. The molecule has 3 N–H and O–H groups in total. The summed E-state index contributed by atoms with van der Waals surface area (Å²) >= 11 is 0. The standard InChI is InChI=1S/C16H31N3O2/c1-12(9-17)19-8-7-16(5-6-16)13(11-19)10-18-14(20)21-15(2,3)4/h12-13H,5-11,17H2,1-4H3,(H,18,20). The number of carbonyl (C=O) groups excluding carboxylic acids is 1. The number of carbonyl (C=O) groups is 1. The van der Waals surface area contributed by atoms with Crippen LogP contribution in [0.2, 0.25) is 0 Å². The highest BCUT2D eigenvalue weighted by Crippen LogP contribution is 2.56. The number of amides is 1. The average molecular weight is 297 g/mol. The van der Waals surface area contributed by atoms with Crippen molar-refractivity contribution in [3.63, 3.8) is 0 Å². The lowest BCUT2D eigenvalue weighted by Gasteiger charge is -2.41. The van der Waals surface area contributed by atoms with Crippen LogP contribution in [-0.4, -0.2) is 48.8 Å². The molecule has 2 atom stereocenters. The van der Waals surface area contributed by atoms with E-state index in [1.54, 1.807) is 0 Å². The number of likely N-dealkylation sites (tertiary alicyclic amines) is 1. The van der Waals surface area contributed by atoms with Gasteiger partial charge < -0.3 is 15.8 Å². The van der Waals surface area contributed by atoms with E-state index < -0.39 is 5.60 Å². The van der Waals surface area contributed by atoms with Gasteiger partial charge in [-0.1, -0.05) is 0 Å². The highest BCUT2D eigenvalue weighted by atomic mass is 16.6. The Morgan fingerprint density at radius 1 is 1.43 bits per heavy atom. The molecule has 1 spiro atoms. The summed E-state index contributed by atoms with van der Waals surface area (Å²) in [6.07, 6.45) is 3.54. The zero-order valence-corrected chi connectivity index (χ0v) is 13.9. The van der Waals surface area contributed by atoms with Gasteiger partial charge in [0.1, 0.15) is 5.60 Å². The highest BCUT2D eigenvalue weighted by molar-refractivity contribution is 5.67. The van der Waals surface area contributed by atoms with E-state index in [1.807, 2.05) is 20.8 Å². The summed E-state index contributed by atoms with van der Waals surface area (Å²) in [5.74, 6) is 0.521. The van der Waals surface area contributed by atoms with E-state index in [4.69, 9.17) is 10.5 Å². The minimum atomic E-state index is -0.436. The maximum Gasteiger partial charge on any atom is 0.407 e. The molecule has 1 aliphatic carbocycles. The summed E-state index contributed by atoms with van der Waals surface area (Å²) in [5, 5.41) is 2.96.